The van der Waals surface area contributed by atoms with Crippen LogP contribution in [0, 0.1) is 11.6 Å². The molecule has 2 heterocycles. The Morgan fingerprint density at radius 2 is 2.08 bits per heavy atom. The molecule has 24 heavy (non-hydrogen) atoms. The maximum atomic E-state index is 13.7. The van der Waals surface area contributed by atoms with E-state index in [0.29, 0.717) is 18.7 Å². The van der Waals surface area contributed by atoms with Crippen molar-refractivity contribution in [2.24, 2.45) is 0 Å². The SMILES string of the molecule is CC(C)c1nsc(N2CCN(Cc3ccc(F)cc3F)C(=O)C2)n1. The van der Waals surface area contributed by atoms with E-state index in [0.717, 1.165) is 17.0 Å². The topological polar surface area (TPSA) is 49.3 Å². The first-order valence-corrected chi connectivity index (χ1v) is 8.51. The van der Waals surface area contributed by atoms with E-state index in [1.807, 2.05) is 18.7 Å². The second-order valence-corrected chi connectivity index (χ2v) is 6.79. The van der Waals surface area contributed by atoms with E-state index in [9.17, 15) is 13.6 Å². The zero-order valence-corrected chi connectivity index (χ0v) is 14.3. The van der Waals surface area contributed by atoms with Crippen molar-refractivity contribution >= 4 is 22.6 Å². The van der Waals surface area contributed by atoms with Crippen LogP contribution in [0.1, 0.15) is 31.2 Å². The first-order valence-electron chi connectivity index (χ1n) is 7.74. The second-order valence-electron chi connectivity index (χ2n) is 6.06. The number of piperazine rings is 1. The molecular weight excluding hydrogens is 334 g/mol. The number of carbonyl (C=O) groups excluding carboxylic acids is 1. The highest BCUT2D eigenvalue weighted by Gasteiger charge is 2.27. The fourth-order valence-corrected chi connectivity index (χ4v) is 3.32. The quantitative estimate of drug-likeness (QED) is 0.849. The first-order chi connectivity index (χ1) is 11.4. The summed E-state index contributed by atoms with van der Waals surface area (Å²) in [4.78, 5) is 20.3. The molecule has 1 aromatic carbocycles. The summed E-state index contributed by atoms with van der Waals surface area (Å²) in [6.07, 6.45) is 0. The van der Waals surface area contributed by atoms with E-state index < -0.39 is 11.6 Å². The second kappa shape index (κ2) is 6.80. The van der Waals surface area contributed by atoms with Crippen molar-refractivity contribution in [1.29, 1.82) is 0 Å². The number of aromatic nitrogens is 2. The Morgan fingerprint density at radius 1 is 1.29 bits per heavy atom. The van der Waals surface area contributed by atoms with Crippen molar-refractivity contribution in [3.05, 3.63) is 41.2 Å². The fourth-order valence-electron chi connectivity index (χ4n) is 2.48. The minimum absolute atomic E-state index is 0.105. The Hall–Kier alpha value is -2.09. The molecule has 1 saturated heterocycles. The van der Waals surface area contributed by atoms with Gasteiger partial charge in [0.25, 0.3) is 0 Å². The van der Waals surface area contributed by atoms with Crippen molar-refractivity contribution < 1.29 is 13.6 Å². The average molecular weight is 352 g/mol. The molecule has 1 aliphatic rings. The Labute approximate surface area is 143 Å². The van der Waals surface area contributed by atoms with Crippen LogP contribution in [0.3, 0.4) is 0 Å². The number of anilines is 1. The molecule has 1 aromatic heterocycles. The van der Waals surface area contributed by atoms with Crippen LogP contribution in [0.2, 0.25) is 0 Å². The zero-order valence-electron chi connectivity index (χ0n) is 13.5. The molecule has 0 bridgehead atoms. The van der Waals surface area contributed by atoms with Crippen molar-refractivity contribution in [3.8, 4) is 0 Å². The molecule has 3 rings (SSSR count). The van der Waals surface area contributed by atoms with Gasteiger partial charge in [-0.2, -0.15) is 4.37 Å². The Morgan fingerprint density at radius 3 is 2.71 bits per heavy atom. The third kappa shape index (κ3) is 3.53. The van der Waals surface area contributed by atoms with Crippen molar-refractivity contribution in [3.63, 3.8) is 0 Å². The lowest BCUT2D eigenvalue weighted by atomic mass is 10.1. The highest BCUT2D eigenvalue weighted by atomic mass is 32.1. The van der Waals surface area contributed by atoms with Crippen LogP contribution in [0.5, 0.6) is 0 Å². The summed E-state index contributed by atoms with van der Waals surface area (Å²) in [5, 5.41) is 0.736. The molecular formula is C16H18F2N4OS. The number of rotatable bonds is 4. The standard InChI is InChI=1S/C16H18F2N4OS/c1-10(2)15-19-16(24-20-15)22-6-5-21(14(23)9-22)8-11-3-4-12(17)7-13(11)18/h3-4,7,10H,5-6,8-9H2,1-2H3. The van der Waals surface area contributed by atoms with Gasteiger partial charge in [0, 0.05) is 48.7 Å². The molecule has 0 unspecified atom stereocenters. The molecule has 2 aromatic rings. The zero-order chi connectivity index (χ0) is 17.3. The van der Waals surface area contributed by atoms with E-state index in [1.165, 1.54) is 23.7 Å². The predicted octanol–water partition coefficient (Wildman–Crippen LogP) is 2.79. The third-order valence-electron chi connectivity index (χ3n) is 3.91. The van der Waals surface area contributed by atoms with Gasteiger partial charge in [0.2, 0.25) is 11.0 Å². The minimum atomic E-state index is -0.629. The summed E-state index contributed by atoms with van der Waals surface area (Å²) >= 11 is 1.29. The van der Waals surface area contributed by atoms with Crippen LogP contribution in [0.25, 0.3) is 0 Å². The molecule has 1 aliphatic heterocycles. The van der Waals surface area contributed by atoms with Gasteiger partial charge < -0.3 is 9.80 Å². The molecule has 0 N–H and O–H groups in total. The van der Waals surface area contributed by atoms with Crippen LogP contribution in [-0.4, -0.2) is 39.8 Å². The lowest BCUT2D eigenvalue weighted by molar-refractivity contribution is -0.131. The number of benzene rings is 1. The van der Waals surface area contributed by atoms with Crippen LogP contribution in [-0.2, 0) is 11.3 Å². The van der Waals surface area contributed by atoms with Gasteiger partial charge in [0.15, 0.2) is 0 Å². The fraction of sp³-hybridized carbons (Fsp3) is 0.438. The molecule has 0 atom stereocenters. The van der Waals surface area contributed by atoms with Gasteiger partial charge in [0.1, 0.15) is 17.5 Å². The van der Waals surface area contributed by atoms with Gasteiger partial charge in [-0.25, -0.2) is 13.8 Å². The Balaban J connectivity index is 1.65. The van der Waals surface area contributed by atoms with E-state index in [1.54, 1.807) is 4.90 Å². The lowest BCUT2D eigenvalue weighted by Crippen LogP contribution is -2.50. The monoisotopic (exact) mass is 352 g/mol. The number of hydrogen-bond acceptors (Lipinski definition) is 5. The maximum Gasteiger partial charge on any atom is 0.242 e. The average Bonchev–Trinajstić information content (AvgIpc) is 3.02. The van der Waals surface area contributed by atoms with Gasteiger partial charge in [0.05, 0.1) is 6.54 Å². The third-order valence-corrected chi connectivity index (χ3v) is 4.70. The van der Waals surface area contributed by atoms with Crippen molar-refractivity contribution in [1.82, 2.24) is 14.3 Å². The predicted molar refractivity (Wildman–Crippen MR) is 88.0 cm³/mol. The number of hydrogen-bond donors (Lipinski definition) is 0. The van der Waals surface area contributed by atoms with Crippen molar-refractivity contribution in [2.75, 3.05) is 24.5 Å². The molecule has 1 amide bonds. The maximum absolute atomic E-state index is 13.7. The van der Waals surface area contributed by atoms with Gasteiger partial charge in [-0.05, 0) is 6.07 Å². The highest BCUT2D eigenvalue weighted by Crippen LogP contribution is 2.23. The summed E-state index contributed by atoms with van der Waals surface area (Å²) in [5.74, 6) is -0.335. The molecule has 128 valence electrons. The van der Waals surface area contributed by atoms with Crippen LogP contribution in [0.15, 0.2) is 18.2 Å². The van der Waals surface area contributed by atoms with E-state index >= 15 is 0 Å². The number of carbonyl (C=O) groups is 1. The number of halogens is 2. The summed E-state index contributed by atoms with van der Waals surface area (Å²) in [5.41, 5.74) is 0.316. The lowest BCUT2D eigenvalue weighted by Gasteiger charge is -2.34. The normalized spacial score (nSPS) is 15.5. The van der Waals surface area contributed by atoms with Gasteiger partial charge in [-0.1, -0.05) is 19.9 Å². The largest absolute Gasteiger partial charge is 0.336 e. The molecule has 5 nitrogen and oxygen atoms in total. The molecule has 0 saturated carbocycles. The first kappa shape index (κ1) is 16.8. The van der Waals surface area contributed by atoms with Crippen LogP contribution in [0.4, 0.5) is 13.9 Å². The Kier molecular flexibility index (Phi) is 4.75. The molecule has 8 heteroatoms. The summed E-state index contributed by atoms with van der Waals surface area (Å²) in [6.45, 7) is 5.45. The van der Waals surface area contributed by atoms with Gasteiger partial charge in [-0.15, -0.1) is 0 Å². The van der Waals surface area contributed by atoms with Gasteiger partial charge in [-0.3, -0.25) is 4.79 Å². The number of amides is 1. The van der Waals surface area contributed by atoms with Crippen molar-refractivity contribution in [2.45, 2.75) is 26.3 Å². The summed E-state index contributed by atoms with van der Waals surface area (Å²) < 4.78 is 31.0. The minimum Gasteiger partial charge on any atom is -0.336 e. The Bertz CT molecular complexity index is 749. The summed E-state index contributed by atoms with van der Waals surface area (Å²) in [6, 6.07) is 3.42. The number of nitrogens with zero attached hydrogens (tertiary/aromatic N) is 4. The van der Waals surface area contributed by atoms with E-state index in [2.05, 4.69) is 9.36 Å². The van der Waals surface area contributed by atoms with Crippen LogP contribution < -0.4 is 4.90 Å². The highest BCUT2D eigenvalue weighted by molar-refractivity contribution is 7.09. The summed E-state index contributed by atoms with van der Waals surface area (Å²) in [7, 11) is 0. The van der Waals surface area contributed by atoms with Crippen LogP contribution >= 0.6 is 11.5 Å². The molecule has 0 aliphatic carbocycles. The van der Waals surface area contributed by atoms with E-state index in [4.69, 9.17) is 0 Å². The molecule has 0 radical (unpaired) electrons. The van der Waals surface area contributed by atoms with Gasteiger partial charge >= 0.3 is 0 Å². The molecule has 0 spiro atoms. The van der Waals surface area contributed by atoms with E-state index in [-0.39, 0.29) is 24.9 Å². The molecule has 1 fully saturated rings. The smallest absolute Gasteiger partial charge is 0.242 e.